The van der Waals surface area contributed by atoms with E-state index in [-0.39, 0.29) is 0 Å². The highest BCUT2D eigenvalue weighted by atomic mass is 15.2. The van der Waals surface area contributed by atoms with Gasteiger partial charge in [0, 0.05) is 25.3 Å². The third-order valence-corrected chi connectivity index (χ3v) is 3.43. The van der Waals surface area contributed by atoms with Gasteiger partial charge >= 0.3 is 0 Å². The second-order valence-electron chi connectivity index (χ2n) is 4.59. The molecule has 1 atom stereocenters. The van der Waals surface area contributed by atoms with Crippen LogP contribution in [-0.2, 0) is 13.1 Å². The summed E-state index contributed by atoms with van der Waals surface area (Å²) in [4.78, 5) is 6.70. The van der Waals surface area contributed by atoms with Crippen molar-refractivity contribution in [3.05, 3.63) is 18.2 Å². The lowest BCUT2D eigenvalue weighted by Crippen LogP contribution is -2.30. The molecule has 1 aromatic rings. The largest absolute Gasteiger partial charge is 0.332 e. The van der Waals surface area contributed by atoms with Crippen molar-refractivity contribution in [2.24, 2.45) is 0 Å². The number of aromatic nitrogens is 2. The number of imidazole rings is 1. The van der Waals surface area contributed by atoms with Gasteiger partial charge < -0.3 is 14.8 Å². The number of nitrogens with one attached hydrogen (secondary N) is 1. The monoisotopic (exact) mass is 222 g/mol. The van der Waals surface area contributed by atoms with Crippen LogP contribution in [0.3, 0.4) is 0 Å². The van der Waals surface area contributed by atoms with E-state index >= 15 is 0 Å². The van der Waals surface area contributed by atoms with E-state index < -0.39 is 0 Å². The molecular formula is C12H22N4. The summed E-state index contributed by atoms with van der Waals surface area (Å²) in [5.41, 5.74) is 1.29. The molecule has 0 aliphatic carbocycles. The molecule has 1 fully saturated rings. The van der Waals surface area contributed by atoms with E-state index in [1.165, 1.54) is 25.1 Å². The van der Waals surface area contributed by atoms with Gasteiger partial charge in [-0.1, -0.05) is 6.92 Å². The maximum atomic E-state index is 4.25. The fourth-order valence-corrected chi connectivity index (χ4v) is 2.35. The van der Waals surface area contributed by atoms with Crippen LogP contribution in [0.25, 0.3) is 0 Å². The van der Waals surface area contributed by atoms with E-state index in [1.54, 1.807) is 0 Å². The van der Waals surface area contributed by atoms with E-state index in [2.05, 4.69) is 33.7 Å². The summed E-state index contributed by atoms with van der Waals surface area (Å²) in [6.07, 6.45) is 6.57. The minimum absolute atomic E-state index is 0.689. The summed E-state index contributed by atoms with van der Waals surface area (Å²) in [7, 11) is 2.22. The fraction of sp³-hybridized carbons (Fsp3) is 0.750. The molecule has 1 saturated heterocycles. The quantitative estimate of drug-likeness (QED) is 0.809. The molecule has 0 bridgehead atoms. The highest BCUT2D eigenvalue weighted by Crippen LogP contribution is 2.17. The van der Waals surface area contributed by atoms with Crippen LogP contribution in [0.15, 0.2) is 12.5 Å². The number of rotatable bonds is 5. The SMILES string of the molecule is CCNCc1cncn1CC1CCCN1C. The third-order valence-electron chi connectivity index (χ3n) is 3.43. The average molecular weight is 222 g/mol. The number of likely N-dealkylation sites (tertiary alicyclic amines) is 1. The molecule has 0 saturated carbocycles. The molecule has 1 aliphatic rings. The normalized spacial score (nSPS) is 21.8. The van der Waals surface area contributed by atoms with Crippen molar-refractivity contribution in [1.29, 1.82) is 0 Å². The van der Waals surface area contributed by atoms with Crippen LogP contribution in [-0.4, -0.2) is 40.6 Å². The molecule has 4 nitrogen and oxygen atoms in total. The molecule has 0 spiro atoms. The van der Waals surface area contributed by atoms with Crippen LogP contribution in [0, 0.1) is 0 Å². The Bertz CT molecular complexity index is 321. The van der Waals surface area contributed by atoms with Gasteiger partial charge in [-0.05, 0) is 33.0 Å². The topological polar surface area (TPSA) is 33.1 Å². The van der Waals surface area contributed by atoms with Crippen LogP contribution in [0.1, 0.15) is 25.5 Å². The van der Waals surface area contributed by atoms with Crippen molar-refractivity contribution in [2.45, 2.75) is 38.9 Å². The van der Waals surface area contributed by atoms with Crippen LogP contribution in [0.5, 0.6) is 0 Å². The summed E-state index contributed by atoms with van der Waals surface area (Å²) in [5, 5.41) is 3.35. The van der Waals surface area contributed by atoms with E-state index in [9.17, 15) is 0 Å². The average Bonchev–Trinajstić information content (AvgIpc) is 2.87. The van der Waals surface area contributed by atoms with Crippen molar-refractivity contribution < 1.29 is 0 Å². The van der Waals surface area contributed by atoms with Crippen LogP contribution >= 0.6 is 0 Å². The highest BCUT2D eigenvalue weighted by molar-refractivity contribution is 4.99. The van der Waals surface area contributed by atoms with E-state index in [0.29, 0.717) is 6.04 Å². The second-order valence-corrected chi connectivity index (χ2v) is 4.59. The number of hydrogen-bond acceptors (Lipinski definition) is 3. The predicted molar refractivity (Wildman–Crippen MR) is 65.3 cm³/mol. The highest BCUT2D eigenvalue weighted by Gasteiger charge is 2.21. The standard InChI is InChI=1S/C12H22N4/c1-3-13-7-12-8-14-10-16(12)9-11-5-4-6-15(11)2/h8,10-11,13H,3-7,9H2,1-2H3. The van der Waals surface area contributed by atoms with Crippen LogP contribution in [0.2, 0.25) is 0 Å². The molecule has 4 heteroatoms. The Morgan fingerprint density at radius 1 is 1.56 bits per heavy atom. The molecule has 1 unspecified atom stereocenters. The van der Waals surface area contributed by atoms with Crippen molar-refractivity contribution in [3.63, 3.8) is 0 Å². The maximum Gasteiger partial charge on any atom is 0.0949 e. The zero-order chi connectivity index (χ0) is 11.4. The van der Waals surface area contributed by atoms with Crippen molar-refractivity contribution >= 4 is 0 Å². The van der Waals surface area contributed by atoms with E-state index in [0.717, 1.165) is 19.6 Å². The zero-order valence-electron chi connectivity index (χ0n) is 10.3. The van der Waals surface area contributed by atoms with Crippen molar-refractivity contribution in [2.75, 3.05) is 20.1 Å². The third kappa shape index (κ3) is 2.62. The van der Waals surface area contributed by atoms with E-state index in [1.807, 2.05) is 12.5 Å². The first-order valence-electron chi connectivity index (χ1n) is 6.21. The summed E-state index contributed by atoms with van der Waals surface area (Å²) in [5.74, 6) is 0. The smallest absolute Gasteiger partial charge is 0.0949 e. The molecule has 0 aromatic carbocycles. The lowest BCUT2D eigenvalue weighted by atomic mass is 10.2. The lowest BCUT2D eigenvalue weighted by molar-refractivity contribution is 0.280. The summed E-state index contributed by atoms with van der Waals surface area (Å²) in [6.45, 7) is 6.38. The summed E-state index contributed by atoms with van der Waals surface area (Å²) in [6, 6.07) is 0.689. The Morgan fingerprint density at radius 2 is 2.44 bits per heavy atom. The number of nitrogens with zero attached hydrogens (tertiary/aromatic N) is 3. The summed E-state index contributed by atoms with van der Waals surface area (Å²) >= 11 is 0. The van der Waals surface area contributed by atoms with Gasteiger partial charge in [0.05, 0.1) is 12.0 Å². The molecule has 90 valence electrons. The first kappa shape index (κ1) is 11.6. The minimum Gasteiger partial charge on any atom is -0.332 e. The number of likely N-dealkylation sites (N-methyl/N-ethyl adjacent to an activating group) is 1. The van der Waals surface area contributed by atoms with Crippen molar-refractivity contribution in [3.8, 4) is 0 Å². The Labute approximate surface area is 97.7 Å². The first-order valence-corrected chi connectivity index (χ1v) is 6.21. The van der Waals surface area contributed by atoms with Crippen LogP contribution in [0.4, 0.5) is 0 Å². The van der Waals surface area contributed by atoms with Gasteiger partial charge in [0.25, 0.3) is 0 Å². The fourth-order valence-electron chi connectivity index (χ4n) is 2.35. The first-order chi connectivity index (χ1) is 7.81. The van der Waals surface area contributed by atoms with E-state index in [4.69, 9.17) is 0 Å². The van der Waals surface area contributed by atoms with Crippen LogP contribution < -0.4 is 5.32 Å². The zero-order valence-corrected chi connectivity index (χ0v) is 10.3. The lowest BCUT2D eigenvalue weighted by Gasteiger charge is -2.21. The molecule has 0 radical (unpaired) electrons. The van der Waals surface area contributed by atoms with Gasteiger partial charge in [-0.3, -0.25) is 0 Å². The Kier molecular flexibility index (Phi) is 3.96. The molecule has 2 rings (SSSR count). The van der Waals surface area contributed by atoms with Gasteiger partial charge in [-0.15, -0.1) is 0 Å². The Morgan fingerprint density at radius 3 is 3.12 bits per heavy atom. The van der Waals surface area contributed by atoms with Crippen molar-refractivity contribution in [1.82, 2.24) is 19.8 Å². The number of hydrogen-bond donors (Lipinski definition) is 1. The Hall–Kier alpha value is -0.870. The Balaban J connectivity index is 1.95. The molecule has 0 amide bonds. The molecular weight excluding hydrogens is 200 g/mol. The predicted octanol–water partition coefficient (Wildman–Crippen LogP) is 1.09. The maximum absolute atomic E-state index is 4.25. The second kappa shape index (κ2) is 5.46. The summed E-state index contributed by atoms with van der Waals surface area (Å²) < 4.78 is 2.29. The van der Waals surface area contributed by atoms with Gasteiger partial charge in [0.2, 0.25) is 0 Å². The molecule has 1 aromatic heterocycles. The van der Waals surface area contributed by atoms with Gasteiger partial charge in [-0.25, -0.2) is 4.98 Å². The van der Waals surface area contributed by atoms with Gasteiger partial charge in [0.15, 0.2) is 0 Å². The molecule has 16 heavy (non-hydrogen) atoms. The van der Waals surface area contributed by atoms with Gasteiger partial charge in [0.1, 0.15) is 0 Å². The molecule has 1 aliphatic heterocycles. The molecule has 2 heterocycles. The van der Waals surface area contributed by atoms with Gasteiger partial charge in [-0.2, -0.15) is 0 Å². The minimum atomic E-state index is 0.689. The molecule has 1 N–H and O–H groups in total.